The van der Waals surface area contributed by atoms with E-state index in [0.29, 0.717) is 5.92 Å². The number of aromatic nitrogens is 1. The smallest absolute Gasteiger partial charge is 0.143 e. The molecule has 0 aliphatic heterocycles. The Labute approximate surface area is 209 Å². The Balaban J connectivity index is 1.41. The first-order valence-corrected chi connectivity index (χ1v) is 12.9. The molecule has 0 bridgehead atoms. The summed E-state index contributed by atoms with van der Waals surface area (Å²) in [5.74, 6) is 0.647. The zero-order chi connectivity index (χ0) is 23.6. The lowest BCUT2D eigenvalue weighted by Crippen LogP contribution is -2.09. The first-order valence-electron chi connectivity index (χ1n) is 12.9. The molecule has 0 atom stereocenters. The van der Waals surface area contributed by atoms with Crippen LogP contribution in [-0.4, -0.2) is 4.57 Å². The molecule has 2 heterocycles. The molecule has 5 aromatic carbocycles. The van der Waals surface area contributed by atoms with Gasteiger partial charge in [0.25, 0.3) is 0 Å². The monoisotopic (exact) mass is 463 g/mol. The number of hydrogen-bond acceptors (Lipinski definition) is 1. The van der Waals surface area contributed by atoms with E-state index in [0.717, 1.165) is 11.2 Å². The van der Waals surface area contributed by atoms with Crippen LogP contribution in [0.15, 0.2) is 114 Å². The number of furan rings is 1. The van der Waals surface area contributed by atoms with Gasteiger partial charge in [-0.15, -0.1) is 0 Å². The number of hydrogen-bond donors (Lipinski definition) is 0. The lowest BCUT2D eigenvalue weighted by molar-refractivity contribution is 0.422. The zero-order valence-corrected chi connectivity index (χ0v) is 19.9. The van der Waals surface area contributed by atoms with Crippen molar-refractivity contribution in [1.29, 1.82) is 0 Å². The molecule has 1 aliphatic carbocycles. The quantitative estimate of drug-likeness (QED) is 0.255. The van der Waals surface area contributed by atoms with Crippen LogP contribution in [0.1, 0.15) is 30.7 Å². The highest BCUT2D eigenvalue weighted by atomic mass is 16.3. The van der Waals surface area contributed by atoms with Gasteiger partial charge in [-0.2, -0.15) is 0 Å². The highest BCUT2D eigenvalue weighted by Crippen LogP contribution is 2.46. The van der Waals surface area contributed by atoms with Crippen LogP contribution in [0.4, 0.5) is 0 Å². The Morgan fingerprint density at radius 2 is 1.39 bits per heavy atom. The fraction of sp³-hybridized carbons (Fsp3) is 0.118. The van der Waals surface area contributed by atoms with Crippen LogP contribution in [-0.2, 0) is 0 Å². The van der Waals surface area contributed by atoms with Gasteiger partial charge in [0.2, 0.25) is 0 Å². The Morgan fingerprint density at radius 1 is 0.639 bits per heavy atom. The van der Waals surface area contributed by atoms with Crippen LogP contribution in [0.25, 0.3) is 60.6 Å². The Morgan fingerprint density at radius 3 is 2.22 bits per heavy atom. The first-order chi connectivity index (χ1) is 17.9. The summed E-state index contributed by atoms with van der Waals surface area (Å²) in [5.41, 5.74) is 9.44. The van der Waals surface area contributed by atoms with Gasteiger partial charge in [-0.1, -0.05) is 79.2 Å². The largest absolute Gasteiger partial charge is 0.455 e. The second-order valence-corrected chi connectivity index (χ2v) is 10.1. The molecule has 36 heavy (non-hydrogen) atoms. The van der Waals surface area contributed by atoms with Crippen molar-refractivity contribution in [3.8, 4) is 16.8 Å². The molecule has 2 nitrogen and oxygen atoms in total. The van der Waals surface area contributed by atoms with Gasteiger partial charge in [0.15, 0.2) is 0 Å². The Bertz CT molecular complexity index is 1920. The molecular weight excluding hydrogens is 438 g/mol. The predicted molar refractivity (Wildman–Crippen MR) is 150 cm³/mol. The van der Waals surface area contributed by atoms with Gasteiger partial charge in [0.1, 0.15) is 11.2 Å². The minimum atomic E-state index is 0.647. The number of para-hydroxylation sites is 3. The van der Waals surface area contributed by atoms with Gasteiger partial charge >= 0.3 is 0 Å². The topological polar surface area (TPSA) is 18.1 Å². The van der Waals surface area contributed by atoms with E-state index in [2.05, 4.69) is 114 Å². The van der Waals surface area contributed by atoms with Crippen LogP contribution in [0, 0.1) is 0 Å². The lowest BCUT2D eigenvalue weighted by atomic mass is 9.78. The minimum Gasteiger partial charge on any atom is -0.455 e. The number of fused-ring (bicyclic) bond motifs is 6. The lowest BCUT2D eigenvalue weighted by Gasteiger charge is -2.26. The van der Waals surface area contributed by atoms with Crippen LogP contribution in [0.5, 0.6) is 0 Å². The van der Waals surface area contributed by atoms with Gasteiger partial charge in [-0.25, -0.2) is 0 Å². The standard InChI is InChI=1S/C34H25NO/c1-2-11-24(12-3-1)35-30-15-6-4-13-27(30)29-21-23(17-20-31(29)35)26-19-18-25(22-9-8-10-22)33-28-14-5-7-16-32(28)36-34(26)33/h1-7,11-22H,8-10H2. The third-order valence-corrected chi connectivity index (χ3v) is 8.10. The summed E-state index contributed by atoms with van der Waals surface area (Å²) in [7, 11) is 0. The van der Waals surface area contributed by atoms with E-state index >= 15 is 0 Å². The van der Waals surface area contributed by atoms with Gasteiger partial charge in [-0.05, 0) is 66.3 Å². The van der Waals surface area contributed by atoms with Crippen molar-refractivity contribution in [2.75, 3.05) is 0 Å². The summed E-state index contributed by atoms with van der Waals surface area (Å²) in [6, 6.07) is 39.4. The molecule has 8 rings (SSSR count). The zero-order valence-electron chi connectivity index (χ0n) is 19.9. The summed E-state index contributed by atoms with van der Waals surface area (Å²) >= 11 is 0. The van der Waals surface area contributed by atoms with E-state index in [9.17, 15) is 0 Å². The van der Waals surface area contributed by atoms with Crippen LogP contribution in [0.3, 0.4) is 0 Å². The highest BCUT2D eigenvalue weighted by Gasteiger charge is 2.25. The maximum absolute atomic E-state index is 6.57. The Kier molecular flexibility index (Phi) is 4.21. The van der Waals surface area contributed by atoms with Crippen LogP contribution >= 0.6 is 0 Å². The molecule has 7 aromatic rings. The minimum absolute atomic E-state index is 0.647. The second kappa shape index (κ2) is 7.60. The highest BCUT2D eigenvalue weighted by molar-refractivity contribution is 6.14. The van der Waals surface area contributed by atoms with E-state index in [-0.39, 0.29) is 0 Å². The molecule has 1 fully saturated rings. The molecule has 0 amide bonds. The predicted octanol–water partition coefficient (Wildman–Crippen LogP) is 9.62. The number of nitrogens with zero attached hydrogens (tertiary/aromatic N) is 1. The summed E-state index contributed by atoms with van der Waals surface area (Å²) < 4.78 is 8.93. The maximum Gasteiger partial charge on any atom is 0.143 e. The third kappa shape index (κ3) is 2.79. The van der Waals surface area contributed by atoms with Gasteiger partial charge in [0.05, 0.1) is 11.0 Å². The van der Waals surface area contributed by atoms with E-state index in [4.69, 9.17) is 4.42 Å². The summed E-state index contributed by atoms with van der Waals surface area (Å²) in [6.45, 7) is 0. The van der Waals surface area contributed by atoms with Crippen molar-refractivity contribution in [2.45, 2.75) is 25.2 Å². The molecule has 2 heteroatoms. The van der Waals surface area contributed by atoms with Crippen molar-refractivity contribution in [3.05, 3.63) is 115 Å². The molecule has 1 aliphatic rings. The molecule has 0 spiro atoms. The normalized spacial score (nSPS) is 14.2. The van der Waals surface area contributed by atoms with E-state index < -0.39 is 0 Å². The Hall–Kier alpha value is -4.30. The van der Waals surface area contributed by atoms with Crippen LogP contribution in [0.2, 0.25) is 0 Å². The third-order valence-electron chi connectivity index (χ3n) is 8.10. The van der Waals surface area contributed by atoms with E-state index in [1.54, 1.807) is 0 Å². The van der Waals surface area contributed by atoms with Crippen LogP contribution < -0.4 is 0 Å². The van der Waals surface area contributed by atoms with Gasteiger partial charge in [0, 0.05) is 32.8 Å². The van der Waals surface area contributed by atoms with Gasteiger partial charge < -0.3 is 8.98 Å². The fourth-order valence-corrected chi connectivity index (χ4v) is 6.14. The summed E-state index contributed by atoms with van der Waals surface area (Å²) in [6.07, 6.45) is 3.88. The molecule has 0 radical (unpaired) electrons. The average Bonchev–Trinajstić information content (AvgIpc) is 3.44. The van der Waals surface area contributed by atoms with E-state index in [1.807, 2.05) is 0 Å². The molecule has 172 valence electrons. The van der Waals surface area contributed by atoms with E-state index in [1.165, 1.54) is 74.2 Å². The molecule has 0 unspecified atom stereocenters. The van der Waals surface area contributed by atoms with Crippen molar-refractivity contribution in [3.63, 3.8) is 0 Å². The van der Waals surface area contributed by atoms with Crippen molar-refractivity contribution in [2.24, 2.45) is 0 Å². The first kappa shape index (κ1) is 19.9. The SMILES string of the molecule is c1ccc(-n2c3ccccc3c3cc(-c4ccc(C5CCC5)c5c4oc4ccccc45)ccc32)cc1. The average molecular weight is 464 g/mol. The summed E-state index contributed by atoms with van der Waals surface area (Å²) in [5, 5.41) is 5.07. The van der Waals surface area contributed by atoms with Crippen molar-refractivity contribution >= 4 is 43.7 Å². The second-order valence-electron chi connectivity index (χ2n) is 10.1. The molecule has 0 N–H and O–H groups in total. The molecule has 0 saturated heterocycles. The molecular formula is C34H25NO. The number of rotatable bonds is 3. The molecule has 2 aromatic heterocycles. The van der Waals surface area contributed by atoms with Gasteiger partial charge in [-0.3, -0.25) is 0 Å². The molecule has 1 saturated carbocycles. The summed E-state index contributed by atoms with van der Waals surface area (Å²) in [4.78, 5) is 0. The van der Waals surface area contributed by atoms with Crippen molar-refractivity contribution in [1.82, 2.24) is 4.57 Å². The number of benzene rings is 5. The maximum atomic E-state index is 6.57. The fourth-order valence-electron chi connectivity index (χ4n) is 6.14. The van der Waals surface area contributed by atoms with Crippen molar-refractivity contribution < 1.29 is 4.42 Å².